The third kappa shape index (κ3) is 3.88. The number of aliphatic imine (C=N–C) groups is 1. The summed E-state index contributed by atoms with van der Waals surface area (Å²) in [5.74, 6) is 0.842. The largest absolute Gasteiger partial charge is 0.387 e. The van der Waals surface area contributed by atoms with Crippen LogP contribution in [0.2, 0.25) is 0 Å². The number of benzene rings is 1. The number of hydrogen-bond donors (Lipinski definition) is 2. The van der Waals surface area contributed by atoms with Gasteiger partial charge in [0, 0.05) is 26.7 Å². The molecule has 1 aliphatic carbocycles. The Bertz CT molecular complexity index is 728. The van der Waals surface area contributed by atoms with Crippen molar-refractivity contribution in [2.45, 2.75) is 43.0 Å². The molecular weight excluding hydrogens is 350 g/mol. The summed E-state index contributed by atoms with van der Waals surface area (Å²) in [7, 11) is -1.37. The van der Waals surface area contributed by atoms with E-state index in [1.165, 1.54) is 0 Å². The Morgan fingerprint density at radius 1 is 1.27 bits per heavy atom. The van der Waals surface area contributed by atoms with Crippen LogP contribution in [0.15, 0.2) is 35.3 Å². The van der Waals surface area contributed by atoms with E-state index in [1.807, 2.05) is 35.2 Å². The van der Waals surface area contributed by atoms with Crippen LogP contribution in [0.3, 0.4) is 0 Å². The van der Waals surface area contributed by atoms with Crippen molar-refractivity contribution in [1.29, 1.82) is 0 Å². The fourth-order valence-corrected chi connectivity index (χ4v) is 6.29. The Balaban J connectivity index is 1.67. The molecule has 1 heterocycles. The van der Waals surface area contributed by atoms with Gasteiger partial charge >= 0.3 is 0 Å². The quantitative estimate of drug-likeness (QED) is 0.617. The molecule has 1 spiro atoms. The van der Waals surface area contributed by atoms with Crippen molar-refractivity contribution in [2.75, 3.05) is 32.4 Å². The van der Waals surface area contributed by atoms with Crippen LogP contribution in [0, 0.1) is 0 Å². The van der Waals surface area contributed by atoms with E-state index in [2.05, 4.69) is 10.3 Å². The molecule has 1 unspecified atom stereocenters. The minimum absolute atomic E-state index is 0.176. The van der Waals surface area contributed by atoms with E-state index in [-0.39, 0.29) is 5.75 Å². The van der Waals surface area contributed by atoms with Crippen LogP contribution < -0.4 is 5.32 Å². The molecule has 144 valence electrons. The van der Waals surface area contributed by atoms with Crippen molar-refractivity contribution in [2.24, 2.45) is 4.99 Å². The second kappa shape index (κ2) is 7.96. The number of guanidine groups is 1. The first-order valence-electron chi connectivity index (χ1n) is 9.38. The fourth-order valence-electron chi connectivity index (χ4n) is 4.13. The van der Waals surface area contributed by atoms with Crippen LogP contribution in [0.25, 0.3) is 0 Å². The zero-order valence-electron chi connectivity index (χ0n) is 15.4. The average Bonchev–Trinajstić information content (AvgIpc) is 2.66. The summed E-state index contributed by atoms with van der Waals surface area (Å²) < 4.78 is 24.9. The third-order valence-corrected chi connectivity index (χ3v) is 8.26. The lowest BCUT2D eigenvalue weighted by Crippen LogP contribution is -2.60. The summed E-state index contributed by atoms with van der Waals surface area (Å²) in [5, 5.41) is 13.6. The fraction of sp³-hybridized carbons (Fsp3) is 0.632. The van der Waals surface area contributed by atoms with Gasteiger partial charge < -0.3 is 15.3 Å². The maximum Gasteiger partial charge on any atom is 0.193 e. The Kier molecular flexibility index (Phi) is 5.87. The molecule has 3 rings (SSSR count). The van der Waals surface area contributed by atoms with Crippen molar-refractivity contribution in [1.82, 2.24) is 10.2 Å². The van der Waals surface area contributed by atoms with E-state index >= 15 is 0 Å². The normalized spacial score (nSPS) is 23.6. The maximum atomic E-state index is 12.7. The van der Waals surface area contributed by atoms with Crippen LogP contribution in [0.4, 0.5) is 0 Å². The van der Waals surface area contributed by atoms with Gasteiger partial charge in [-0.3, -0.25) is 4.99 Å². The highest BCUT2D eigenvalue weighted by molar-refractivity contribution is 7.92. The highest BCUT2D eigenvalue weighted by atomic mass is 32.2. The highest BCUT2D eigenvalue weighted by Gasteiger charge is 2.48. The molecule has 0 aromatic heterocycles. The first kappa shape index (κ1) is 19.2. The monoisotopic (exact) mass is 379 g/mol. The number of nitrogens with zero attached hydrogens (tertiary/aromatic N) is 2. The minimum atomic E-state index is -3.07. The second-order valence-corrected chi connectivity index (χ2v) is 9.84. The van der Waals surface area contributed by atoms with Gasteiger partial charge in [-0.1, -0.05) is 49.6 Å². The molecule has 0 amide bonds. The SMILES string of the molecule is CN=C(NCC(O)c1ccccc1)N1CCS(=O)(=O)C2(CCCCC2)C1. The lowest BCUT2D eigenvalue weighted by Gasteiger charge is -2.45. The summed E-state index contributed by atoms with van der Waals surface area (Å²) >= 11 is 0. The van der Waals surface area contributed by atoms with E-state index < -0.39 is 20.7 Å². The van der Waals surface area contributed by atoms with Gasteiger partial charge in [0.05, 0.1) is 16.6 Å². The Morgan fingerprint density at radius 3 is 2.62 bits per heavy atom. The first-order valence-corrected chi connectivity index (χ1v) is 11.0. The van der Waals surface area contributed by atoms with E-state index in [0.29, 0.717) is 25.6 Å². The van der Waals surface area contributed by atoms with Crippen molar-refractivity contribution >= 4 is 15.8 Å². The van der Waals surface area contributed by atoms with Gasteiger partial charge in [0.15, 0.2) is 15.8 Å². The minimum Gasteiger partial charge on any atom is -0.387 e. The number of hydrogen-bond acceptors (Lipinski definition) is 4. The number of rotatable bonds is 3. The Morgan fingerprint density at radius 2 is 1.96 bits per heavy atom. The predicted molar refractivity (Wildman–Crippen MR) is 104 cm³/mol. The van der Waals surface area contributed by atoms with Gasteiger partial charge in [-0.05, 0) is 18.4 Å². The molecule has 1 saturated heterocycles. The van der Waals surface area contributed by atoms with Crippen LogP contribution in [0.5, 0.6) is 0 Å². The lowest BCUT2D eigenvalue weighted by molar-refractivity contribution is 0.178. The van der Waals surface area contributed by atoms with E-state index in [1.54, 1.807) is 7.05 Å². The van der Waals surface area contributed by atoms with Gasteiger partial charge in [-0.25, -0.2) is 8.42 Å². The molecule has 0 radical (unpaired) electrons. The van der Waals surface area contributed by atoms with Crippen molar-refractivity contribution in [3.8, 4) is 0 Å². The number of aliphatic hydroxyl groups excluding tert-OH is 1. The van der Waals surface area contributed by atoms with Crippen molar-refractivity contribution in [3.63, 3.8) is 0 Å². The zero-order valence-corrected chi connectivity index (χ0v) is 16.2. The summed E-state index contributed by atoms with van der Waals surface area (Å²) in [5.41, 5.74) is 0.848. The van der Waals surface area contributed by atoms with Gasteiger partial charge in [0.1, 0.15) is 0 Å². The summed E-state index contributed by atoms with van der Waals surface area (Å²) in [6.07, 6.45) is 3.93. The van der Waals surface area contributed by atoms with Gasteiger partial charge in [-0.15, -0.1) is 0 Å². The topological polar surface area (TPSA) is 82.0 Å². The predicted octanol–water partition coefficient (Wildman–Crippen LogP) is 1.73. The third-order valence-electron chi connectivity index (χ3n) is 5.68. The molecule has 2 aliphatic rings. The highest BCUT2D eigenvalue weighted by Crippen LogP contribution is 2.38. The van der Waals surface area contributed by atoms with E-state index in [0.717, 1.165) is 37.7 Å². The van der Waals surface area contributed by atoms with Crippen LogP contribution in [-0.2, 0) is 9.84 Å². The Labute approximate surface area is 156 Å². The molecule has 7 heteroatoms. The molecule has 2 fully saturated rings. The summed E-state index contributed by atoms with van der Waals surface area (Å²) in [6.45, 7) is 1.29. The van der Waals surface area contributed by atoms with Crippen LogP contribution in [0.1, 0.15) is 43.8 Å². The Hall–Kier alpha value is -1.60. The maximum absolute atomic E-state index is 12.7. The molecule has 26 heavy (non-hydrogen) atoms. The van der Waals surface area contributed by atoms with E-state index in [4.69, 9.17) is 0 Å². The first-order chi connectivity index (χ1) is 12.5. The molecule has 6 nitrogen and oxygen atoms in total. The smallest absolute Gasteiger partial charge is 0.193 e. The van der Waals surface area contributed by atoms with Crippen molar-refractivity contribution < 1.29 is 13.5 Å². The summed E-state index contributed by atoms with van der Waals surface area (Å²) in [4.78, 5) is 6.37. The van der Waals surface area contributed by atoms with Crippen molar-refractivity contribution in [3.05, 3.63) is 35.9 Å². The standard InChI is InChI=1S/C19H29N3O3S/c1-20-18(21-14-17(23)16-8-4-2-5-9-16)22-12-13-26(24,25)19(15-22)10-6-3-7-11-19/h2,4-5,8-9,17,23H,3,6-7,10-15H2,1H3,(H,20,21). The average molecular weight is 380 g/mol. The van der Waals surface area contributed by atoms with Crippen LogP contribution in [-0.4, -0.2) is 61.6 Å². The molecule has 1 atom stereocenters. The molecule has 1 aliphatic heterocycles. The second-order valence-electron chi connectivity index (χ2n) is 7.34. The molecule has 2 N–H and O–H groups in total. The van der Waals surface area contributed by atoms with Gasteiger partial charge in [0.2, 0.25) is 0 Å². The molecule has 1 aromatic rings. The number of nitrogens with one attached hydrogen (secondary N) is 1. The number of aliphatic hydroxyl groups is 1. The summed E-state index contributed by atoms with van der Waals surface area (Å²) in [6, 6.07) is 9.49. The molecule has 0 bridgehead atoms. The van der Waals surface area contributed by atoms with Gasteiger partial charge in [-0.2, -0.15) is 0 Å². The lowest BCUT2D eigenvalue weighted by atomic mass is 9.87. The van der Waals surface area contributed by atoms with Gasteiger partial charge in [0.25, 0.3) is 0 Å². The number of sulfone groups is 1. The molecule has 1 aromatic carbocycles. The molecule has 1 saturated carbocycles. The zero-order chi connectivity index (χ0) is 18.6. The van der Waals surface area contributed by atoms with E-state index in [9.17, 15) is 13.5 Å². The molecular formula is C19H29N3O3S. The van der Waals surface area contributed by atoms with Crippen LogP contribution >= 0.6 is 0 Å².